The molecule has 6 rings (SSSR count). The van der Waals surface area contributed by atoms with Crippen LogP contribution in [-0.4, -0.2) is 51.7 Å². The van der Waals surface area contributed by atoms with Crippen molar-refractivity contribution in [1.82, 2.24) is 10.6 Å². The third kappa shape index (κ3) is 4.73. The van der Waals surface area contributed by atoms with Crippen LogP contribution in [0.1, 0.15) is 44.6 Å². The third-order valence-corrected chi connectivity index (χ3v) is 8.28. The normalized spacial score (nSPS) is 21.5. The molecule has 2 aliphatic heterocycles. The molecule has 1 amide bonds. The maximum Gasteiger partial charge on any atom is 0.310 e. The molecule has 2 heterocycles. The number of esters is 1. The van der Waals surface area contributed by atoms with Crippen molar-refractivity contribution in [3.05, 3.63) is 76.3 Å². The Morgan fingerprint density at radius 1 is 0.905 bits per heavy atom. The summed E-state index contributed by atoms with van der Waals surface area (Å²) < 4.78 is 33.9. The van der Waals surface area contributed by atoms with Gasteiger partial charge in [-0.25, -0.2) is 0 Å². The Bertz CT molecular complexity index is 1550. The highest BCUT2D eigenvalue weighted by atomic mass is 32.1. The van der Waals surface area contributed by atoms with Crippen LogP contribution in [-0.2, 0) is 9.53 Å². The standard InChI is InChI=1S/C31H30N2O8S/c1-15-5-7-16(8-6-15)29(34)33-31(42)32-27-19-12-22-21(40-14-41-22)11-18(19)25(26-20(27)13-39-30(26)35)17-9-23(36-2)28(38-4)24(10-17)37-3/h5-12,20,25-27H,13-14H2,1-4H3,(H2,32,33,34,42)/t20-,25+,26-,27+/m0/s1. The van der Waals surface area contributed by atoms with Crippen LogP contribution in [0.4, 0.5) is 0 Å². The van der Waals surface area contributed by atoms with E-state index in [0.29, 0.717) is 34.3 Å². The van der Waals surface area contributed by atoms with Gasteiger partial charge in [-0.15, -0.1) is 0 Å². The molecule has 1 saturated heterocycles. The van der Waals surface area contributed by atoms with Crippen molar-refractivity contribution in [2.24, 2.45) is 11.8 Å². The van der Waals surface area contributed by atoms with E-state index in [1.165, 1.54) is 7.11 Å². The van der Waals surface area contributed by atoms with Crippen LogP contribution in [0.2, 0.25) is 0 Å². The lowest BCUT2D eigenvalue weighted by atomic mass is 9.65. The van der Waals surface area contributed by atoms with Gasteiger partial charge in [-0.2, -0.15) is 0 Å². The Hall–Kier alpha value is -4.51. The molecular weight excluding hydrogens is 560 g/mol. The second-order valence-electron chi connectivity index (χ2n) is 10.4. The number of fused-ring (bicyclic) bond motifs is 3. The van der Waals surface area contributed by atoms with E-state index in [-0.39, 0.29) is 36.3 Å². The van der Waals surface area contributed by atoms with Gasteiger partial charge in [-0.3, -0.25) is 14.9 Å². The van der Waals surface area contributed by atoms with E-state index >= 15 is 0 Å². The number of rotatable bonds is 6. The molecule has 42 heavy (non-hydrogen) atoms. The largest absolute Gasteiger partial charge is 0.493 e. The first-order valence-corrected chi connectivity index (χ1v) is 13.8. The zero-order valence-corrected chi connectivity index (χ0v) is 24.3. The fraction of sp³-hybridized carbons (Fsp3) is 0.323. The van der Waals surface area contributed by atoms with E-state index in [1.807, 2.05) is 43.3 Å². The number of ether oxygens (including phenoxy) is 6. The molecule has 4 atom stereocenters. The molecular formula is C31H30N2O8S. The quantitative estimate of drug-likeness (QED) is 0.322. The predicted molar refractivity (Wildman–Crippen MR) is 156 cm³/mol. The first kappa shape index (κ1) is 27.6. The highest BCUT2D eigenvalue weighted by Crippen LogP contribution is 2.55. The van der Waals surface area contributed by atoms with Crippen molar-refractivity contribution in [1.29, 1.82) is 0 Å². The van der Waals surface area contributed by atoms with E-state index in [9.17, 15) is 9.59 Å². The lowest BCUT2D eigenvalue weighted by Crippen LogP contribution is -2.47. The minimum absolute atomic E-state index is 0.0884. The second-order valence-corrected chi connectivity index (χ2v) is 10.8. The lowest BCUT2D eigenvalue weighted by molar-refractivity contribution is -0.141. The van der Waals surface area contributed by atoms with Crippen LogP contribution in [0, 0.1) is 18.8 Å². The van der Waals surface area contributed by atoms with E-state index < -0.39 is 17.9 Å². The SMILES string of the molecule is COc1cc([C@@H]2c3cc4c(cc3[C@@H](NC(=S)NC(=O)c3ccc(C)cc3)[C@H]3COC(=O)[C@H]23)OCO4)cc(OC)c1OC. The van der Waals surface area contributed by atoms with Crippen LogP contribution < -0.4 is 34.3 Å². The molecule has 1 fully saturated rings. The number of carbonyl (C=O) groups excluding carboxylic acids is 2. The van der Waals surface area contributed by atoms with Crippen LogP contribution in [0.5, 0.6) is 28.7 Å². The summed E-state index contributed by atoms with van der Waals surface area (Å²) >= 11 is 5.60. The number of carbonyl (C=O) groups is 2. The average molecular weight is 591 g/mol. The Balaban J connectivity index is 1.42. The zero-order valence-electron chi connectivity index (χ0n) is 23.5. The molecule has 0 aromatic heterocycles. The summed E-state index contributed by atoms with van der Waals surface area (Å²) in [5.41, 5.74) is 4.00. The van der Waals surface area contributed by atoms with Gasteiger partial charge in [0, 0.05) is 17.4 Å². The number of amides is 1. The van der Waals surface area contributed by atoms with Crippen LogP contribution >= 0.6 is 12.2 Å². The smallest absolute Gasteiger partial charge is 0.310 e. The molecule has 218 valence electrons. The Morgan fingerprint density at radius 3 is 2.17 bits per heavy atom. The maximum absolute atomic E-state index is 13.4. The lowest BCUT2D eigenvalue weighted by Gasteiger charge is -2.40. The van der Waals surface area contributed by atoms with Gasteiger partial charge in [0.15, 0.2) is 28.1 Å². The van der Waals surface area contributed by atoms with Crippen molar-refractivity contribution in [3.8, 4) is 28.7 Å². The van der Waals surface area contributed by atoms with Crippen molar-refractivity contribution in [2.45, 2.75) is 18.9 Å². The number of methoxy groups -OCH3 is 3. The van der Waals surface area contributed by atoms with Gasteiger partial charge in [0.1, 0.15) is 0 Å². The first-order chi connectivity index (χ1) is 20.3. The minimum Gasteiger partial charge on any atom is -0.493 e. The van der Waals surface area contributed by atoms with Crippen LogP contribution in [0.25, 0.3) is 0 Å². The summed E-state index contributed by atoms with van der Waals surface area (Å²) in [5, 5.41) is 6.22. The number of aryl methyl sites for hydroxylation is 1. The number of benzene rings is 3. The fourth-order valence-electron chi connectivity index (χ4n) is 6.09. The van der Waals surface area contributed by atoms with E-state index in [2.05, 4.69) is 10.6 Å². The summed E-state index contributed by atoms with van der Waals surface area (Å²) in [5.74, 6) is 0.560. The van der Waals surface area contributed by atoms with Crippen LogP contribution in [0.3, 0.4) is 0 Å². The minimum atomic E-state index is -0.575. The molecule has 2 N–H and O–H groups in total. The van der Waals surface area contributed by atoms with Gasteiger partial charge in [-0.05, 0) is 72.2 Å². The summed E-state index contributed by atoms with van der Waals surface area (Å²) in [6.45, 7) is 2.21. The topological polar surface area (TPSA) is 114 Å². The Morgan fingerprint density at radius 2 is 1.55 bits per heavy atom. The van der Waals surface area contributed by atoms with Crippen molar-refractivity contribution in [3.63, 3.8) is 0 Å². The van der Waals surface area contributed by atoms with E-state index in [4.69, 9.17) is 40.6 Å². The average Bonchev–Trinajstić information content (AvgIpc) is 3.61. The number of thiocarbonyl (C=S) groups is 1. The molecule has 1 aliphatic carbocycles. The summed E-state index contributed by atoms with van der Waals surface area (Å²) in [6, 6.07) is 14.2. The molecule has 11 heteroatoms. The Labute approximate surface area is 248 Å². The van der Waals surface area contributed by atoms with Gasteiger partial charge in [0.2, 0.25) is 12.5 Å². The highest BCUT2D eigenvalue weighted by molar-refractivity contribution is 7.80. The first-order valence-electron chi connectivity index (χ1n) is 13.4. The molecule has 0 unspecified atom stereocenters. The molecule has 3 aliphatic rings. The monoisotopic (exact) mass is 590 g/mol. The molecule has 0 radical (unpaired) electrons. The summed E-state index contributed by atoms with van der Waals surface area (Å²) in [7, 11) is 4.64. The predicted octanol–water partition coefficient (Wildman–Crippen LogP) is 4.03. The van der Waals surface area contributed by atoms with E-state index in [0.717, 1.165) is 22.3 Å². The van der Waals surface area contributed by atoms with E-state index in [1.54, 1.807) is 26.4 Å². The van der Waals surface area contributed by atoms with Gasteiger partial charge in [0.05, 0.1) is 39.9 Å². The third-order valence-electron chi connectivity index (χ3n) is 8.06. The maximum atomic E-state index is 13.4. The molecule has 0 bridgehead atoms. The zero-order chi connectivity index (χ0) is 29.5. The summed E-state index contributed by atoms with van der Waals surface area (Å²) in [6.07, 6.45) is 0. The highest BCUT2D eigenvalue weighted by Gasteiger charge is 2.53. The molecule has 0 spiro atoms. The number of hydrogen-bond donors (Lipinski definition) is 2. The Kier molecular flexibility index (Phi) is 7.28. The van der Waals surface area contributed by atoms with Gasteiger partial charge in [0.25, 0.3) is 5.91 Å². The molecule has 0 saturated carbocycles. The van der Waals surface area contributed by atoms with Crippen LogP contribution in [0.15, 0.2) is 48.5 Å². The van der Waals surface area contributed by atoms with Gasteiger partial charge < -0.3 is 33.7 Å². The second kappa shape index (κ2) is 11.1. The van der Waals surface area contributed by atoms with Crippen molar-refractivity contribution < 1.29 is 38.0 Å². The fourth-order valence-corrected chi connectivity index (χ4v) is 6.31. The van der Waals surface area contributed by atoms with Gasteiger partial charge >= 0.3 is 5.97 Å². The number of hydrogen-bond acceptors (Lipinski definition) is 9. The van der Waals surface area contributed by atoms with Crippen molar-refractivity contribution >= 4 is 29.2 Å². The van der Waals surface area contributed by atoms with Gasteiger partial charge in [-0.1, -0.05) is 17.7 Å². The van der Waals surface area contributed by atoms with Crippen molar-refractivity contribution in [2.75, 3.05) is 34.7 Å². The molecule has 10 nitrogen and oxygen atoms in total. The summed E-state index contributed by atoms with van der Waals surface area (Å²) in [4.78, 5) is 26.3. The molecule has 3 aromatic rings. The number of nitrogens with one attached hydrogen (secondary N) is 2. The molecule has 3 aromatic carbocycles. The number of cyclic esters (lactones) is 1.